The molecule has 0 rings (SSSR count). The van der Waals surface area contributed by atoms with E-state index in [9.17, 15) is 5.11 Å². The van der Waals surface area contributed by atoms with Gasteiger partial charge in [0.1, 0.15) is 0 Å². The first kappa shape index (κ1) is 15.2. The molecule has 0 radical (unpaired) electrons. The third-order valence-corrected chi connectivity index (χ3v) is 3.13. The second-order valence-electron chi connectivity index (χ2n) is 5.22. The van der Waals surface area contributed by atoms with E-state index in [1.165, 1.54) is 5.57 Å². The van der Waals surface area contributed by atoms with Crippen molar-refractivity contribution in [2.75, 3.05) is 0 Å². The lowest BCUT2D eigenvalue weighted by Gasteiger charge is -2.22. The third-order valence-electron chi connectivity index (χ3n) is 3.13. The summed E-state index contributed by atoms with van der Waals surface area (Å²) in [6.45, 7) is 12.7. The van der Waals surface area contributed by atoms with Crippen molar-refractivity contribution >= 4 is 0 Å². The molecule has 0 aliphatic carbocycles. The van der Waals surface area contributed by atoms with Crippen molar-refractivity contribution in [1.29, 1.82) is 5.26 Å². The Kier molecular flexibility index (Phi) is 7.08. The topological polar surface area (TPSA) is 44.0 Å². The monoisotopic (exact) mass is 223 g/mol. The van der Waals surface area contributed by atoms with Crippen molar-refractivity contribution in [3.05, 3.63) is 12.2 Å². The van der Waals surface area contributed by atoms with Crippen LogP contribution in [0.4, 0.5) is 0 Å². The smallest absolute Gasteiger partial charge is 0.0672 e. The molecule has 0 bridgehead atoms. The minimum Gasteiger partial charge on any atom is -0.392 e. The van der Waals surface area contributed by atoms with Gasteiger partial charge in [0, 0.05) is 0 Å². The van der Waals surface area contributed by atoms with Gasteiger partial charge in [0.05, 0.1) is 18.6 Å². The van der Waals surface area contributed by atoms with Crippen LogP contribution in [0.3, 0.4) is 0 Å². The van der Waals surface area contributed by atoms with Gasteiger partial charge in [-0.2, -0.15) is 5.26 Å². The molecule has 1 N–H and O–H groups in total. The lowest BCUT2D eigenvalue weighted by atomic mass is 9.84. The quantitative estimate of drug-likeness (QED) is 0.671. The van der Waals surface area contributed by atoms with Crippen LogP contribution in [-0.4, -0.2) is 11.2 Å². The maximum atomic E-state index is 9.54. The molecule has 2 heteroatoms. The molecule has 0 heterocycles. The highest BCUT2D eigenvalue weighted by molar-refractivity contribution is 5.02. The van der Waals surface area contributed by atoms with Gasteiger partial charge in [-0.1, -0.05) is 39.8 Å². The predicted molar refractivity (Wildman–Crippen MR) is 67.8 cm³/mol. The van der Waals surface area contributed by atoms with E-state index in [-0.39, 0.29) is 6.42 Å². The number of hydrogen-bond acceptors (Lipinski definition) is 2. The van der Waals surface area contributed by atoms with E-state index in [0.29, 0.717) is 24.2 Å². The Balaban J connectivity index is 4.00. The maximum Gasteiger partial charge on any atom is 0.0672 e. The molecule has 3 atom stereocenters. The molecule has 0 saturated heterocycles. The summed E-state index contributed by atoms with van der Waals surface area (Å²) in [5.74, 6) is 1.45. The predicted octanol–water partition coefficient (Wildman–Crippen LogP) is 3.53. The molecule has 0 aromatic carbocycles. The van der Waals surface area contributed by atoms with Gasteiger partial charge in [-0.05, 0) is 30.6 Å². The number of rotatable bonds is 7. The molecular formula is C14H25NO. The molecule has 0 saturated carbocycles. The molecule has 0 amide bonds. The maximum absolute atomic E-state index is 9.54. The molecule has 92 valence electrons. The SMILES string of the molecule is C=C(C(C)C)C(C)CC(C)CC(O)CC#N. The van der Waals surface area contributed by atoms with Crippen LogP contribution in [0.25, 0.3) is 0 Å². The summed E-state index contributed by atoms with van der Waals surface area (Å²) >= 11 is 0. The Morgan fingerprint density at radius 1 is 1.25 bits per heavy atom. The first-order valence-electron chi connectivity index (χ1n) is 6.12. The Hall–Kier alpha value is -0.810. The number of aliphatic hydroxyl groups excluding tert-OH is 1. The van der Waals surface area contributed by atoms with Crippen LogP contribution in [0.1, 0.15) is 47.0 Å². The van der Waals surface area contributed by atoms with Crippen LogP contribution >= 0.6 is 0 Å². The van der Waals surface area contributed by atoms with Gasteiger partial charge in [-0.25, -0.2) is 0 Å². The highest BCUT2D eigenvalue weighted by atomic mass is 16.3. The first-order chi connectivity index (χ1) is 7.38. The molecule has 0 spiro atoms. The average Bonchev–Trinajstić information content (AvgIpc) is 2.16. The van der Waals surface area contributed by atoms with E-state index in [0.717, 1.165) is 6.42 Å². The fourth-order valence-electron chi connectivity index (χ4n) is 2.07. The van der Waals surface area contributed by atoms with Crippen LogP contribution in [0.5, 0.6) is 0 Å². The van der Waals surface area contributed by atoms with Crippen molar-refractivity contribution in [3.8, 4) is 6.07 Å². The molecule has 0 aliphatic rings. The molecule has 2 nitrogen and oxygen atoms in total. The summed E-state index contributed by atoms with van der Waals surface area (Å²) in [4.78, 5) is 0. The van der Waals surface area contributed by atoms with Crippen LogP contribution in [-0.2, 0) is 0 Å². The summed E-state index contributed by atoms with van der Waals surface area (Å²) in [5, 5.41) is 18.0. The van der Waals surface area contributed by atoms with E-state index in [2.05, 4.69) is 34.3 Å². The van der Waals surface area contributed by atoms with Crippen molar-refractivity contribution in [2.45, 2.75) is 53.1 Å². The molecule has 0 aromatic heterocycles. The second kappa shape index (κ2) is 7.46. The number of allylic oxidation sites excluding steroid dienone is 1. The number of aliphatic hydroxyl groups is 1. The fraction of sp³-hybridized carbons (Fsp3) is 0.786. The summed E-state index contributed by atoms with van der Waals surface area (Å²) < 4.78 is 0. The Morgan fingerprint density at radius 3 is 2.25 bits per heavy atom. The van der Waals surface area contributed by atoms with E-state index in [4.69, 9.17) is 5.26 Å². The normalized spacial score (nSPS) is 16.6. The van der Waals surface area contributed by atoms with Crippen LogP contribution in [0, 0.1) is 29.1 Å². The molecule has 3 unspecified atom stereocenters. The van der Waals surface area contributed by atoms with E-state index < -0.39 is 6.10 Å². The lowest BCUT2D eigenvalue weighted by molar-refractivity contribution is 0.145. The van der Waals surface area contributed by atoms with Crippen molar-refractivity contribution in [1.82, 2.24) is 0 Å². The number of nitrogens with zero attached hydrogens (tertiary/aromatic N) is 1. The van der Waals surface area contributed by atoms with Crippen molar-refractivity contribution < 1.29 is 5.11 Å². The third kappa shape index (κ3) is 5.92. The Morgan fingerprint density at radius 2 is 1.81 bits per heavy atom. The van der Waals surface area contributed by atoms with Gasteiger partial charge < -0.3 is 5.11 Å². The fourth-order valence-corrected chi connectivity index (χ4v) is 2.07. The Labute approximate surface area is 100.0 Å². The zero-order chi connectivity index (χ0) is 12.7. The summed E-state index contributed by atoms with van der Waals surface area (Å²) in [6.07, 6.45) is 1.52. The second-order valence-corrected chi connectivity index (χ2v) is 5.22. The average molecular weight is 223 g/mol. The minimum absolute atomic E-state index is 0.240. The van der Waals surface area contributed by atoms with Crippen LogP contribution < -0.4 is 0 Å². The standard InChI is InChI=1S/C14H25NO/c1-10(2)13(5)12(4)8-11(3)9-14(16)6-7-15/h10-12,14,16H,5-6,8-9H2,1-4H3. The van der Waals surface area contributed by atoms with E-state index >= 15 is 0 Å². The zero-order valence-electron chi connectivity index (χ0n) is 11.0. The summed E-state index contributed by atoms with van der Waals surface area (Å²) in [7, 11) is 0. The van der Waals surface area contributed by atoms with Crippen LogP contribution in [0.2, 0.25) is 0 Å². The van der Waals surface area contributed by atoms with Gasteiger partial charge in [0.2, 0.25) is 0 Å². The van der Waals surface area contributed by atoms with Gasteiger partial charge in [0.15, 0.2) is 0 Å². The van der Waals surface area contributed by atoms with Gasteiger partial charge in [-0.15, -0.1) is 0 Å². The zero-order valence-corrected chi connectivity index (χ0v) is 11.0. The molecule has 0 aliphatic heterocycles. The minimum atomic E-state index is -0.473. The summed E-state index contributed by atoms with van der Waals surface area (Å²) in [5.41, 5.74) is 1.28. The van der Waals surface area contributed by atoms with Gasteiger partial charge >= 0.3 is 0 Å². The molecule has 0 aromatic rings. The number of nitriles is 1. The summed E-state index contributed by atoms with van der Waals surface area (Å²) in [6, 6.07) is 2.00. The molecule has 16 heavy (non-hydrogen) atoms. The van der Waals surface area contributed by atoms with E-state index in [1.54, 1.807) is 0 Å². The largest absolute Gasteiger partial charge is 0.392 e. The van der Waals surface area contributed by atoms with E-state index in [1.807, 2.05) is 6.07 Å². The molecular weight excluding hydrogens is 198 g/mol. The van der Waals surface area contributed by atoms with Crippen molar-refractivity contribution in [2.24, 2.45) is 17.8 Å². The lowest BCUT2D eigenvalue weighted by Crippen LogP contribution is -2.15. The number of hydrogen-bond donors (Lipinski definition) is 1. The van der Waals surface area contributed by atoms with Crippen LogP contribution in [0.15, 0.2) is 12.2 Å². The van der Waals surface area contributed by atoms with Gasteiger partial charge in [0.25, 0.3) is 0 Å². The highest BCUT2D eigenvalue weighted by Gasteiger charge is 2.16. The Bertz CT molecular complexity index is 252. The van der Waals surface area contributed by atoms with Gasteiger partial charge in [-0.3, -0.25) is 0 Å². The highest BCUT2D eigenvalue weighted by Crippen LogP contribution is 2.26. The first-order valence-corrected chi connectivity index (χ1v) is 6.12. The molecule has 0 fully saturated rings. The van der Waals surface area contributed by atoms with Crippen molar-refractivity contribution in [3.63, 3.8) is 0 Å².